The lowest BCUT2D eigenvalue weighted by molar-refractivity contribution is -0.384. The lowest BCUT2D eigenvalue weighted by Gasteiger charge is -2.35. The number of nitro groups is 1. The van der Waals surface area contributed by atoms with E-state index in [2.05, 4.69) is 0 Å². The fourth-order valence-corrected chi connectivity index (χ4v) is 2.67. The quantitative estimate of drug-likeness (QED) is 0.679. The van der Waals surface area contributed by atoms with Crippen LogP contribution in [0.3, 0.4) is 0 Å². The van der Waals surface area contributed by atoms with Crippen LogP contribution in [0.4, 0.5) is 5.69 Å². The molecule has 1 fully saturated rings. The molecule has 2 N–H and O–H groups in total. The molecule has 2 rings (SSSR count). The molecule has 1 aromatic rings. The van der Waals surface area contributed by atoms with Gasteiger partial charge in [-0.15, -0.1) is 0 Å². The molecule has 2 atom stereocenters. The van der Waals surface area contributed by atoms with Crippen LogP contribution in [0, 0.1) is 16.0 Å². The Morgan fingerprint density at radius 2 is 2.19 bits per heavy atom. The number of piperidine rings is 1. The molecule has 0 aliphatic carbocycles. The number of hydrogen-bond donors (Lipinski definition) is 1. The van der Waals surface area contributed by atoms with E-state index >= 15 is 0 Å². The number of carbonyl (C=O) groups is 1. The number of likely N-dealkylation sites (tertiary alicyclic amines) is 1. The molecule has 0 spiro atoms. The average molecular weight is 294 g/mol. The van der Waals surface area contributed by atoms with Crippen molar-refractivity contribution >= 4 is 11.6 Å². The Morgan fingerprint density at radius 3 is 2.71 bits per heavy atom. The maximum absolute atomic E-state index is 12.7. The molecule has 1 saturated heterocycles. The second-order valence-corrected chi connectivity index (χ2v) is 6.02. The predicted octanol–water partition coefficient (Wildman–Crippen LogP) is 1.79. The fraction of sp³-hybridized carbons (Fsp3) is 0.643. The Bertz CT molecular complexity index is 552. The Labute approximate surface area is 123 Å². The summed E-state index contributed by atoms with van der Waals surface area (Å²) in [6, 6.07) is 1.46. The number of amides is 1. The van der Waals surface area contributed by atoms with Gasteiger partial charge in [-0.3, -0.25) is 14.9 Å². The molecule has 1 aliphatic rings. The molecule has 2 heterocycles. The molecule has 0 aromatic carbocycles. The van der Waals surface area contributed by atoms with Crippen molar-refractivity contribution in [2.24, 2.45) is 11.7 Å². The minimum atomic E-state index is -0.468. The molecule has 0 saturated carbocycles. The third kappa shape index (κ3) is 3.07. The van der Waals surface area contributed by atoms with E-state index < -0.39 is 4.92 Å². The van der Waals surface area contributed by atoms with E-state index in [1.165, 1.54) is 12.3 Å². The van der Waals surface area contributed by atoms with Crippen LogP contribution in [-0.2, 0) is 0 Å². The monoisotopic (exact) mass is 294 g/mol. The number of nitrogens with two attached hydrogens (primary N) is 1. The second kappa shape index (κ2) is 5.85. The van der Waals surface area contributed by atoms with Gasteiger partial charge in [-0.2, -0.15) is 0 Å². The summed E-state index contributed by atoms with van der Waals surface area (Å²) in [6.45, 7) is 7.01. The molecule has 0 radical (unpaired) electrons. The van der Waals surface area contributed by atoms with E-state index in [0.29, 0.717) is 18.8 Å². The molecule has 1 aliphatic heterocycles. The highest BCUT2D eigenvalue weighted by molar-refractivity contribution is 5.93. The summed E-state index contributed by atoms with van der Waals surface area (Å²) >= 11 is 0. The molecule has 7 nitrogen and oxygen atoms in total. The van der Waals surface area contributed by atoms with Crippen LogP contribution in [0.5, 0.6) is 0 Å². The van der Waals surface area contributed by atoms with Gasteiger partial charge in [0.1, 0.15) is 5.69 Å². The summed E-state index contributed by atoms with van der Waals surface area (Å²) in [5.74, 6) is 0.0794. The molecule has 1 aromatic heterocycles. The lowest BCUT2D eigenvalue weighted by Crippen LogP contribution is -2.48. The van der Waals surface area contributed by atoms with E-state index in [-0.39, 0.29) is 29.6 Å². The summed E-state index contributed by atoms with van der Waals surface area (Å²) in [4.78, 5) is 24.9. The van der Waals surface area contributed by atoms with Gasteiger partial charge < -0.3 is 15.2 Å². The van der Waals surface area contributed by atoms with Crippen LogP contribution in [0.2, 0.25) is 0 Å². The number of rotatable bonds is 3. The van der Waals surface area contributed by atoms with E-state index in [9.17, 15) is 14.9 Å². The SMILES string of the molecule is CC1CN(C(=O)c2cc([N+](=O)[O-])cn2C(C)C)CCC1N. The second-order valence-electron chi connectivity index (χ2n) is 6.02. The van der Waals surface area contributed by atoms with Gasteiger partial charge in [-0.1, -0.05) is 6.92 Å². The Morgan fingerprint density at radius 1 is 1.52 bits per heavy atom. The van der Waals surface area contributed by atoms with Crippen LogP contribution in [0.25, 0.3) is 0 Å². The zero-order valence-electron chi connectivity index (χ0n) is 12.7. The summed E-state index contributed by atoms with van der Waals surface area (Å²) in [6.07, 6.45) is 2.19. The number of aromatic nitrogens is 1. The van der Waals surface area contributed by atoms with Crippen molar-refractivity contribution in [1.29, 1.82) is 0 Å². The van der Waals surface area contributed by atoms with Crippen molar-refractivity contribution < 1.29 is 9.72 Å². The summed E-state index contributed by atoms with van der Waals surface area (Å²) in [5.41, 5.74) is 6.30. The first-order chi connectivity index (χ1) is 9.81. The van der Waals surface area contributed by atoms with E-state index in [1.807, 2.05) is 20.8 Å². The summed E-state index contributed by atoms with van der Waals surface area (Å²) < 4.78 is 1.67. The smallest absolute Gasteiger partial charge is 0.287 e. The molecular formula is C14H22N4O3. The first-order valence-corrected chi connectivity index (χ1v) is 7.22. The Kier molecular flexibility index (Phi) is 4.32. The highest BCUT2D eigenvalue weighted by atomic mass is 16.6. The third-order valence-corrected chi connectivity index (χ3v) is 4.08. The number of carbonyl (C=O) groups excluding carboxylic acids is 1. The van der Waals surface area contributed by atoms with Crippen molar-refractivity contribution in [2.75, 3.05) is 13.1 Å². The maximum atomic E-state index is 12.7. The van der Waals surface area contributed by atoms with Gasteiger partial charge in [0.05, 0.1) is 11.1 Å². The Hall–Kier alpha value is -1.89. The third-order valence-electron chi connectivity index (χ3n) is 4.08. The zero-order valence-corrected chi connectivity index (χ0v) is 12.7. The first-order valence-electron chi connectivity index (χ1n) is 7.22. The Balaban J connectivity index is 2.28. The molecule has 0 bridgehead atoms. The van der Waals surface area contributed by atoms with Gasteiger partial charge in [-0.25, -0.2) is 0 Å². The van der Waals surface area contributed by atoms with Crippen molar-refractivity contribution in [3.8, 4) is 0 Å². The molecule has 1 amide bonds. The first kappa shape index (κ1) is 15.5. The largest absolute Gasteiger partial charge is 0.337 e. The summed E-state index contributed by atoms with van der Waals surface area (Å²) in [7, 11) is 0. The minimum absolute atomic E-state index is 0.0119. The van der Waals surface area contributed by atoms with Crippen LogP contribution in [0.15, 0.2) is 12.3 Å². The topological polar surface area (TPSA) is 94.4 Å². The van der Waals surface area contributed by atoms with Crippen molar-refractivity contribution in [3.63, 3.8) is 0 Å². The summed E-state index contributed by atoms with van der Waals surface area (Å²) in [5, 5.41) is 10.9. The van der Waals surface area contributed by atoms with E-state index in [4.69, 9.17) is 5.73 Å². The molecule has 7 heteroatoms. The molecule has 2 unspecified atom stereocenters. The van der Waals surface area contributed by atoms with Crippen LogP contribution >= 0.6 is 0 Å². The van der Waals surface area contributed by atoms with Gasteiger partial charge >= 0.3 is 0 Å². The van der Waals surface area contributed by atoms with Crippen molar-refractivity contribution in [2.45, 2.75) is 39.3 Å². The van der Waals surface area contributed by atoms with Gasteiger partial charge in [-0.05, 0) is 26.2 Å². The fourth-order valence-electron chi connectivity index (χ4n) is 2.67. The standard InChI is InChI=1S/C14H22N4O3/c1-9(2)17-8-11(18(20)21)6-13(17)14(19)16-5-4-12(15)10(3)7-16/h6,8-10,12H,4-5,7,15H2,1-3H3. The zero-order chi connectivity index (χ0) is 15.7. The minimum Gasteiger partial charge on any atom is -0.337 e. The normalized spacial score (nSPS) is 22.6. The van der Waals surface area contributed by atoms with Crippen LogP contribution < -0.4 is 5.73 Å². The highest BCUT2D eigenvalue weighted by Gasteiger charge is 2.30. The molecule has 21 heavy (non-hydrogen) atoms. The average Bonchev–Trinajstić information content (AvgIpc) is 2.86. The van der Waals surface area contributed by atoms with Crippen molar-refractivity contribution in [1.82, 2.24) is 9.47 Å². The van der Waals surface area contributed by atoms with Gasteiger partial charge in [0.15, 0.2) is 0 Å². The maximum Gasteiger partial charge on any atom is 0.287 e. The molecular weight excluding hydrogens is 272 g/mol. The number of hydrogen-bond acceptors (Lipinski definition) is 4. The van der Waals surface area contributed by atoms with Gasteiger partial charge in [0, 0.05) is 31.2 Å². The number of nitrogens with zero attached hydrogens (tertiary/aromatic N) is 3. The van der Waals surface area contributed by atoms with Crippen LogP contribution in [0.1, 0.15) is 43.7 Å². The van der Waals surface area contributed by atoms with Crippen molar-refractivity contribution in [3.05, 3.63) is 28.1 Å². The lowest BCUT2D eigenvalue weighted by atomic mass is 9.94. The molecule has 116 valence electrons. The van der Waals surface area contributed by atoms with Gasteiger partial charge in [0.25, 0.3) is 11.6 Å². The highest BCUT2D eigenvalue weighted by Crippen LogP contribution is 2.24. The van der Waals surface area contributed by atoms with Crippen LogP contribution in [-0.4, -0.2) is 39.4 Å². The predicted molar refractivity (Wildman–Crippen MR) is 79.1 cm³/mol. The van der Waals surface area contributed by atoms with Gasteiger partial charge in [0.2, 0.25) is 0 Å². The van der Waals surface area contributed by atoms with E-state index in [1.54, 1.807) is 9.47 Å². The van der Waals surface area contributed by atoms with E-state index in [0.717, 1.165) is 6.42 Å².